The van der Waals surface area contributed by atoms with E-state index in [2.05, 4.69) is 15.1 Å². The summed E-state index contributed by atoms with van der Waals surface area (Å²) >= 11 is 0. The van der Waals surface area contributed by atoms with Crippen LogP contribution in [0.25, 0.3) is 0 Å². The molecule has 0 unspecified atom stereocenters. The Balaban J connectivity index is 1.92. The Morgan fingerprint density at radius 3 is 2.75 bits per heavy atom. The quantitative estimate of drug-likeness (QED) is 0.620. The van der Waals surface area contributed by atoms with E-state index in [0.717, 1.165) is 0 Å². The molecule has 0 saturated carbocycles. The van der Waals surface area contributed by atoms with E-state index in [1.165, 1.54) is 48.0 Å². The van der Waals surface area contributed by atoms with Crippen LogP contribution in [0, 0.1) is 0 Å². The largest absolute Gasteiger partial charge is 0.462 e. The molecule has 0 radical (unpaired) electrons. The molecular weight excluding hydrogens is 374 g/mol. The van der Waals surface area contributed by atoms with Crippen LogP contribution in [0.4, 0.5) is 0 Å². The molecule has 0 amide bonds. The van der Waals surface area contributed by atoms with Crippen LogP contribution in [-0.4, -0.2) is 55.1 Å². The molecule has 12 nitrogen and oxygen atoms in total. The normalized spacial score (nSPS) is 22.6. The van der Waals surface area contributed by atoms with Gasteiger partial charge in [-0.3, -0.25) is 23.9 Å². The van der Waals surface area contributed by atoms with Gasteiger partial charge in [-0.05, 0) is 0 Å². The summed E-state index contributed by atoms with van der Waals surface area (Å²) in [4.78, 5) is 52.3. The lowest BCUT2D eigenvalue weighted by Crippen LogP contribution is -2.40. The van der Waals surface area contributed by atoms with E-state index in [1.54, 1.807) is 0 Å². The first-order valence-corrected chi connectivity index (χ1v) is 8.46. The SMILES string of the molecule is CC(=O)OC[C@@H](OC(C)=O)[C@H]1O[C@H](n2ccc(=O)[nH]c2=O)C[C@@H]1n1cncn1. The summed E-state index contributed by atoms with van der Waals surface area (Å²) in [6.45, 7) is 2.24. The number of H-pyrrole nitrogens is 1. The van der Waals surface area contributed by atoms with Gasteiger partial charge in [0.2, 0.25) is 0 Å². The smallest absolute Gasteiger partial charge is 0.330 e. The van der Waals surface area contributed by atoms with E-state index in [9.17, 15) is 19.2 Å². The highest BCUT2D eigenvalue weighted by molar-refractivity contribution is 5.67. The number of nitrogens with zero attached hydrogens (tertiary/aromatic N) is 4. The Morgan fingerprint density at radius 2 is 2.14 bits per heavy atom. The number of aromatic nitrogens is 5. The molecule has 2 aromatic rings. The first-order valence-electron chi connectivity index (χ1n) is 8.46. The molecule has 1 aliphatic rings. The molecular formula is C16H19N5O7. The Hall–Kier alpha value is -3.28. The van der Waals surface area contributed by atoms with Gasteiger partial charge >= 0.3 is 17.6 Å². The summed E-state index contributed by atoms with van der Waals surface area (Å²) in [6, 6.07) is 0.733. The van der Waals surface area contributed by atoms with Crippen molar-refractivity contribution in [1.82, 2.24) is 24.3 Å². The van der Waals surface area contributed by atoms with Crippen molar-refractivity contribution in [2.75, 3.05) is 6.61 Å². The third-order valence-corrected chi connectivity index (χ3v) is 4.21. The fraction of sp³-hybridized carbons (Fsp3) is 0.500. The van der Waals surface area contributed by atoms with E-state index in [4.69, 9.17) is 14.2 Å². The lowest BCUT2D eigenvalue weighted by atomic mass is 10.1. The first-order chi connectivity index (χ1) is 13.3. The van der Waals surface area contributed by atoms with Gasteiger partial charge in [-0.2, -0.15) is 5.10 Å². The number of nitrogens with one attached hydrogen (secondary N) is 1. The van der Waals surface area contributed by atoms with Gasteiger partial charge in [0.15, 0.2) is 6.10 Å². The maximum absolute atomic E-state index is 12.1. The highest BCUT2D eigenvalue weighted by Gasteiger charge is 2.44. The van der Waals surface area contributed by atoms with Crippen molar-refractivity contribution in [3.8, 4) is 0 Å². The van der Waals surface area contributed by atoms with Crippen molar-refractivity contribution in [2.45, 2.75) is 44.7 Å². The Bertz CT molecular complexity index is 951. The van der Waals surface area contributed by atoms with Crippen molar-refractivity contribution in [2.24, 2.45) is 0 Å². The first kappa shape index (κ1) is 19.5. The maximum Gasteiger partial charge on any atom is 0.330 e. The minimum absolute atomic E-state index is 0.224. The zero-order chi connectivity index (χ0) is 20.3. The van der Waals surface area contributed by atoms with Crippen LogP contribution in [0.3, 0.4) is 0 Å². The van der Waals surface area contributed by atoms with Gasteiger partial charge in [-0.1, -0.05) is 0 Å². The molecule has 0 aliphatic carbocycles. The molecule has 3 rings (SSSR count). The molecule has 1 saturated heterocycles. The van der Waals surface area contributed by atoms with Gasteiger partial charge in [0.05, 0.1) is 6.04 Å². The van der Waals surface area contributed by atoms with Crippen LogP contribution < -0.4 is 11.2 Å². The Morgan fingerprint density at radius 1 is 1.36 bits per heavy atom. The highest BCUT2D eigenvalue weighted by atomic mass is 16.6. The number of ether oxygens (including phenoxy) is 3. The van der Waals surface area contributed by atoms with Crippen molar-refractivity contribution in [3.05, 3.63) is 45.8 Å². The van der Waals surface area contributed by atoms with Crippen LogP contribution in [-0.2, 0) is 23.8 Å². The molecule has 3 heterocycles. The van der Waals surface area contributed by atoms with Gasteiger partial charge in [-0.25, -0.2) is 14.5 Å². The van der Waals surface area contributed by atoms with Crippen LogP contribution in [0.1, 0.15) is 32.5 Å². The lowest BCUT2D eigenvalue weighted by Gasteiger charge is -2.26. The number of esters is 2. The van der Waals surface area contributed by atoms with Crippen LogP contribution >= 0.6 is 0 Å². The molecule has 1 N–H and O–H groups in total. The summed E-state index contributed by atoms with van der Waals surface area (Å²) in [7, 11) is 0. The average molecular weight is 393 g/mol. The molecule has 28 heavy (non-hydrogen) atoms. The van der Waals surface area contributed by atoms with E-state index in [-0.39, 0.29) is 13.0 Å². The predicted molar refractivity (Wildman–Crippen MR) is 91.1 cm³/mol. The summed E-state index contributed by atoms with van der Waals surface area (Å²) in [5.41, 5.74) is -1.17. The third kappa shape index (κ3) is 4.34. The summed E-state index contributed by atoms with van der Waals surface area (Å²) in [5.74, 6) is -1.12. The van der Waals surface area contributed by atoms with Gasteiger partial charge in [-0.15, -0.1) is 0 Å². The fourth-order valence-electron chi connectivity index (χ4n) is 3.09. The highest BCUT2D eigenvalue weighted by Crippen LogP contribution is 2.38. The Kier molecular flexibility index (Phi) is 5.68. The topological polar surface area (TPSA) is 147 Å². The minimum atomic E-state index is -0.931. The summed E-state index contributed by atoms with van der Waals surface area (Å²) in [6.07, 6.45) is 1.92. The van der Waals surface area contributed by atoms with Crippen molar-refractivity contribution in [3.63, 3.8) is 0 Å². The number of rotatable bonds is 6. The van der Waals surface area contributed by atoms with E-state index in [0.29, 0.717) is 0 Å². The van der Waals surface area contributed by atoms with Crippen LogP contribution in [0.2, 0.25) is 0 Å². The van der Waals surface area contributed by atoms with E-state index in [1.807, 2.05) is 0 Å². The molecule has 0 spiro atoms. The van der Waals surface area contributed by atoms with Gasteiger partial charge in [0.1, 0.15) is 31.6 Å². The number of aromatic amines is 1. The Labute approximate surface area is 158 Å². The van der Waals surface area contributed by atoms with Crippen molar-refractivity contribution < 1.29 is 23.8 Å². The van der Waals surface area contributed by atoms with Gasteiger partial charge < -0.3 is 14.2 Å². The second-order valence-corrected chi connectivity index (χ2v) is 6.20. The van der Waals surface area contributed by atoms with Gasteiger partial charge in [0.25, 0.3) is 5.56 Å². The second kappa shape index (κ2) is 8.17. The minimum Gasteiger partial charge on any atom is -0.462 e. The lowest BCUT2D eigenvalue weighted by molar-refractivity contribution is -0.169. The third-order valence-electron chi connectivity index (χ3n) is 4.21. The molecule has 2 aromatic heterocycles. The number of carbonyl (C=O) groups excluding carboxylic acids is 2. The monoisotopic (exact) mass is 393 g/mol. The second-order valence-electron chi connectivity index (χ2n) is 6.20. The molecule has 0 aromatic carbocycles. The summed E-state index contributed by atoms with van der Waals surface area (Å²) < 4.78 is 19.0. The average Bonchev–Trinajstić information content (AvgIpc) is 3.27. The molecule has 12 heteroatoms. The maximum atomic E-state index is 12.1. The number of hydrogen-bond donors (Lipinski definition) is 1. The summed E-state index contributed by atoms with van der Waals surface area (Å²) in [5, 5.41) is 4.10. The zero-order valence-electron chi connectivity index (χ0n) is 15.2. The van der Waals surface area contributed by atoms with E-state index < -0.39 is 47.7 Å². The van der Waals surface area contributed by atoms with Crippen molar-refractivity contribution >= 4 is 11.9 Å². The molecule has 1 aliphatic heterocycles. The van der Waals surface area contributed by atoms with Gasteiger partial charge in [0, 0.05) is 32.5 Å². The van der Waals surface area contributed by atoms with E-state index >= 15 is 0 Å². The molecule has 150 valence electrons. The van der Waals surface area contributed by atoms with Crippen LogP contribution in [0.15, 0.2) is 34.5 Å². The van der Waals surface area contributed by atoms with Crippen molar-refractivity contribution in [1.29, 1.82) is 0 Å². The zero-order valence-corrected chi connectivity index (χ0v) is 15.2. The van der Waals surface area contributed by atoms with Crippen LogP contribution in [0.5, 0.6) is 0 Å². The molecule has 4 atom stereocenters. The molecule has 1 fully saturated rings. The molecule has 0 bridgehead atoms. The fourth-order valence-corrected chi connectivity index (χ4v) is 3.09. The predicted octanol–water partition coefficient (Wildman–Crippen LogP) is -0.848. The number of carbonyl (C=O) groups is 2. The standard InChI is InChI=1S/C16H19N5O7/c1-9(22)26-6-12(27-10(2)23)15-11(21-8-17-7-18-21)5-14(28-15)20-4-3-13(24)19-16(20)25/h3-4,7-8,11-12,14-15H,5-6H2,1-2H3,(H,19,24,25)/t11-,12+,14-,15-/m0/s1. The number of hydrogen-bond acceptors (Lipinski definition) is 9.